The third-order valence-corrected chi connectivity index (χ3v) is 11.8. The van der Waals surface area contributed by atoms with E-state index in [-0.39, 0.29) is 34.4 Å². The second-order valence-corrected chi connectivity index (χ2v) is 13.2. The molecule has 0 amide bonds. The van der Waals surface area contributed by atoms with Gasteiger partial charge < -0.3 is 19.7 Å². The van der Waals surface area contributed by atoms with Gasteiger partial charge in [-0.05, 0) is 84.9 Å². The molecule has 0 bridgehead atoms. The van der Waals surface area contributed by atoms with Crippen molar-refractivity contribution in [3.05, 3.63) is 0 Å². The summed E-state index contributed by atoms with van der Waals surface area (Å²) in [6.07, 6.45) is 6.19. The van der Waals surface area contributed by atoms with Crippen molar-refractivity contribution in [3.63, 3.8) is 0 Å². The Hall–Kier alpha value is -0.490. The molecule has 0 radical (unpaired) electrons. The first-order chi connectivity index (χ1) is 15.1. The van der Waals surface area contributed by atoms with Crippen molar-refractivity contribution in [3.8, 4) is 0 Å². The maximum Gasteiger partial charge on any atom is 0.171 e. The van der Waals surface area contributed by atoms with Gasteiger partial charge in [-0.1, -0.05) is 27.7 Å². The number of hydrogen-bond acceptors (Lipinski definition) is 5. The van der Waals surface area contributed by atoms with Gasteiger partial charge in [0.25, 0.3) is 0 Å². The van der Waals surface area contributed by atoms with Crippen LogP contribution in [0.25, 0.3) is 0 Å². The Morgan fingerprint density at radius 2 is 1.72 bits per heavy atom. The van der Waals surface area contributed by atoms with E-state index in [0.29, 0.717) is 48.3 Å². The van der Waals surface area contributed by atoms with Gasteiger partial charge in [-0.3, -0.25) is 4.79 Å². The first kappa shape index (κ1) is 22.0. The highest BCUT2D eigenvalue weighted by molar-refractivity contribution is 5.84. The monoisotopic (exact) mass is 446 g/mol. The van der Waals surface area contributed by atoms with E-state index < -0.39 is 12.2 Å². The zero-order chi connectivity index (χ0) is 22.6. The average Bonchev–Trinajstić information content (AvgIpc) is 3.18. The Kier molecular flexibility index (Phi) is 4.83. The van der Waals surface area contributed by atoms with Gasteiger partial charge in [0.2, 0.25) is 0 Å². The summed E-state index contributed by atoms with van der Waals surface area (Å²) in [6.45, 7) is 10.2. The van der Waals surface area contributed by atoms with Crippen molar-refractivity contribution in [2.75, 3.05) is 6.61 Å². The molecule has 2 saturated heterocycles. The molecule has 32 heavy (non-hydrogen) atoms. The zero-order valence-electron chi connectivity index (χ0n) is 20.3. The van der Waals surface area contributed by atoms with Crippen LogP contribution < -0.4 is 0 Å². The van der Waals surface area contributed by atoms with Gasteiger partial charge in [-0.15, -0.1) is 0 Å². The Balaban J connectivity index is 1.29. The number of aliphatic hydroxyl groups excluding tert-OH is 2. The van der Waals surface area contributed by atoms with Crippen LogP contribution in [0.3, 0.4) is 0 Å². The van der Waals surface area contributed by atoms with Gasteiger partial charge in [0.15, 0.2) is 11.6 Å². The number of aliphatic hydroxyl groups is 2. The molecule has 5 nitrogen and oxygen atoms in total. The molecule has 2 aliphatic heterocycles. The Morgan fingerprint density at radius 3 is 2.44 bits per heavy atom. The summed E-state index contributed by atoms with van der Waals surface area (Å²) in [4.78, 5) is 12.6. The normalized spacial score (nSPS) is 61.8. The summed E-state index contributed by atoms with van der Waals surface area (Å²) < 4.78 is 13.3. The van der Waals surface area contributed by atoms with Gasteiger partial charge in [0.05, 0.1) is 18.8 Å². The first-order valence-corrected chi connectivity index (χ1v) is 13.3. The lowest BCUT2D eigenvalue weighted by atomic mass is 9.43. The van der Waals surface area contributed by atoms with Crippen molar-refractivity contribution in [2.24, 2.45) is 52.3 Å². The van der Waals surface area contributed by atoms with E-state index in [9.17, 15) is 15.0 Å². The van der Waals surface area contributed by atoms with Crippen LogP contribution in [0.15, 0.2) is 0 Å². The Morgan fingerprint density at radius 1 is 0.938 bits per heavy atom. The van der Waals surface area contributed by atoms with Crippen LogP contribution in [0, 0.1) is 52.3 Å². The molecule has 6 rings (SSSR count). The van der Waals surface area contributed by atoms with E-state index in [1.54, 1.807) is 0 Å². The number of fused-ring (bicyclic) bond motifs is 7. The number of ether oxygens (including phenoxy) is 2. The maximum absolute atomic E-state index is 12.6. The van der Waals surface area contributed by atoms with Crippen molar-refractivity contribution in [2.45, 2.75) is 103 Å². The van der Waals surface area contributed by atoms with Crippen LogP contribution >= 0.6 is 0 Å². The molecule has 4 aliphatic carbocycles. The number of ketones is 1. The maximum atomic E-state index is 12.6. The second-order valence-electron chi connectivity index (χ2n) is 13.2. The predicted molar refractivity (Wildman–Crippen MR) is 120 cm³/mol. The van der Waals surface area contributed by atoms with Crippen LogP contribution in [0.4, 0.5) is 0 Å². The number of carbonyl (C=O) groups is 1. The van der Waals surface area contributed by atoms with Crippen LogP contribution in [-0.2, 0) is 14.3 Å². The van der Waals surface area contributed by atoms with Gasteiger partial charge in [0, 0.05) is 18.8 Å². The van der Waals surface area contributed by atoms with Crippen molar-refractivity contribution < 1.29 is 24.5 Å². The standard InChI is InChI=1S/C27H42O5/c1-14-5-8-27(31-13-14)15(2)24-23(32-27)11-18-16-9-20(28)19-10-21(29)22(30)12-26(19,4)17(16)6-7-25(18,24)3/h14-21,23-24,28-29H,5-13H2,1-4H3/t14-,15+,16-,17+,18+,19-,20-,21-,23+,24+,25+,26-,27?/m1/s1. The molecule has 6 aliphatic rings. The number of rotatable bonds is 0. The molecule has 1 unspecified atom stereocenters. The Labute approximate surface area is 192 Å². The third-order valence-electron chi connectivity index (χ3n) is 11.8. The lowest BCUT2D eigenvalue weighted by Crippen LogP contribution is -2.60. The smallest absolute Gasteiger partial charge is 0.171 e. The molecule has 2 N–H and O–H groups in total. The van der Waals surface area contributed by atoms with Gasteiger partial charge in [-0.25, -0.2) is 0 Å². The number of carbonyl (C=O) groups excluding carboxylic acids is 1. The number of Topliss-reactive ketones (excluding diaryl/α,β-unsaturated/α-hetero) is 1. The summed E-state index contributed by atoms with van der Waals surface area (Å²) in [5.74, 6) is 2.60. The van der Waals surface area contributed by atoms with E-state index in [1.807, 2.05) is 0 Å². The third kappa shape index (κ3) is 2.74. The average molecular weight is 447 g/mol. The van der Waals surface area contributed by atoms with E-state index in [1.165, 1.54) is 12.8 Å². The Bertz CT molecular complexity index is 789. The minimum atomic E-state index is -0.886. The second kappa shape index (κ2) is 7.02. The molecule has 2 heterocycles. The molecule has 13 atom stereocenters. The molecule has 1 spiro atoms. The molecule has 4 saturated carbocycles. The minimum Gasteiger partial charge on any atom is -0.393 e. The van der Waals surface area contributed by atoms with Crippen molar-refractivity contribution in [1.82, 2.24) is 0 Å². The van der Waals surface area contributed by atoms with Gasteiger partial charge >= 0.3 is 0 Å². The summed E-state index contributed by atoms with van der Waals surface area (Å²) in [7, 11) is 0. The SMILES string of the molecule is C[C@@H]1CCC2(OC1)O[C@H]1C[C@H]3[C@@H]4C[C@@H](O)[C@H]5C[C@@H](O)C(=O)C[C@]5(C)[C@H]4CC[C@]3(C)[C@H]1[C@@H]2C. The predicted octanol–water partition coefficient (Wildman–Crippen LogP) is 3.94. The molecule has 6 fully saturated rings. The number of hydrogen-bond donors (Lipinski definition) is 2. The molecular weight excluding hydrogens is 404 g/mol. The van der Waals surface area contributed by atoms with Crippen LogP contribution in [0.5, 0.6) is 0 Å². The van der Waals surface area contributed by atoms with Crippen LogP contribution in [0.1, 0.15) is 79.1 Å². The molecular formula is C27H42O5. The summed E-state index contributed by atoms with van der Waals surface area (Å²) in [6, 6.07) is 0. The van der Waals surface area contributed by atoms with Gasteiger partial charge in [-0.2, -0.15) is 0 Å². The highest BCUT2D eigenvalue weighted by Crippen LogP contribution is 2.71. The van der Waals surface area contributed by atoms with E-state index in [0.717, 1.165) is 32.3 Å². The van der Waals surface area contributed by atoms with E-state index in [2.05, 4.69) is 27.7 Å². The minimum absolute atomic E-state index is 0.0178. The first-order valence-electron chi connectivity index (χ1n) is 13.3. The quantitative estimate of drug-likeness (QED) is 0.589. The fraction of sp³-hybridized carbons (Fsp3) is 0.963. The summed E-state index contributed by atoms with van der Waals surface area (Å²) in [5.41, 5.74) is 0.0241. The fourth-order valence-electron chi connectivity index (χ4n) is 10.2. The highest BCUT2D eigenvalue weighted by Gasteiger charge is 2.70. The lowest BCUT2D eigenvalue weighted by Gasteiger charge is -2.62. The summed E-state index contributed by atoms with van der Waals surface area (Å²) >= 11 is 0. The molecule has 0 aromatic rings. The van der Waals surface area contributed by atoms with E-state index >= 15 is 0 Å². The van der Waals surface area contributed by atoms with Crippen LogP contribution in [0.2, 0.25) is 0 Å². The zero-order valence-corrected chi connectivity index (χ0v) is 20.3. The fourth-order valence-corrected chi connectivity index (χ4v) is 10.2. The largest absolute Gasteiger partial charge is 0.393 e. The molecule has 0 aromatic carbocycles. The van der Waals surface area contributed by atoms with E-state index in [4.69, 9.17) is 9.47 Å². The topological polar surface area (TPSA) is 76.0 Å². The highest BCUT2D eigenvalue weighted by atomic mass is 16.7. The molecule has 180 valence electrons. The molecule has 0 aromatic heterocycles. The lowest BCUT2D eigenvalue weighted by molar-refractivity contribution is -0.273. The summed E-state index contributed by atoms with van der Waals surface area (Å²) in [5, 5.41) is 21.4. The van der Waals surface area contributed by atoms with Crippen molar-refractivity contribution >= 4 is 5.78 Å². The molecule has 5 heteroatoms. The van der Waals surface area contributed by atoms with Crippen molar-refractivity contribution in [1.29, 1.82) is 0 Å². The van der Waals surface area contributed by atoms with Crippen LogP contribution in [-0.4, -0.2) is 46.7 Å². The van der Waals surface area contributed by atoms with Gasteiger partial charge in [0.1, 0.15) is 6.10 Å².